The lowest BCUT2D eigenvalue weighted by molar-refractivity contribution is -0.0512. The Morgan fingerprint density at radius 1 is 1.43 bits per heavy atom. The molecule has 1 aromatic heterocycles. The van der Waals surface area contributed by atoms with Gasteiger partial charge in [0.25, 0.3) is 5.91 Å². The van der Waals surface area contributed by atoms with E-state index < -0.39 is 6.61 Å². The van der Waals surface area contributed by atoms with Gasteiger partial charge in [0.15, 0.2) is 11.5 Å². The van der Waals surface area contributed by atoms with Gasteiger partial charge in [-0.25, -0.2) is 0 Å². The smallest absolute Gasteiger partial charge is 0.387 e. The summed E-state index contributed by atoms with van der Waals surface area (Å²) >= 11 is 0.967. The number of halogens is 2. The lowest BCUT2D eigenvalue weighted by Crippen LogP contribution is -2.21. The highest BCUT2D eigenvalue weighted by atomic mass is 32.1. The van der Waals surface area contributed by atoms with Crippen LogP contribution in [-0.2, 0) is 6.54 Å². The third-order valence-electron chi connectivity index (χ3n) is 2.48. The fraction of sp³-hybridized carbons (Fsp3) is 0.250. The fourth-order valence-electron chi connectivity index (χ4n) is 1.56. The summed E-state index contributed by atoms with van der Waals surface area (Å²) in [5.74, 6) is -0.229. The first-order valence-electron chi connectivity index (χ1n) is 5.77. The number of hydrogen-bond acceptors (Lipinski definition) is 6. The minimum absolute atomic E-state index is 0.0845. The number of ether oxygens (including phenoxy) is 2. The third-order valence-corrected chi connectivity index (χ3v) is 3.15. The van der Waals surface area contributed by atoms with E-state index >= 15 is 0 Å². The van der Waals surface area contributed by atoms with Gasteiger partial charge >= 0.3 is 6.61 Å². The Morgan fingerprint density at radius 2 is 2.24 bits per heavy atom. The van der Waals surface area contributed by atoms with Gasteiger partial charge in [0.05, 0.1) is 13.3 Å². The second-order valence-corrected chi connectivity index (χ2v) is 4.61. The van der Waals surface area contributed by atoms with Crippen molar-refractivity contribution < 1.29 is 23.0 Å². The molecule has 0 aliphatic carbocycles. The average molecular weight is 315 g/mol. The maximum absolute atomic E-state index is 12.3. The summed E-state index contributed by atoms with van der Waals surface area (Å²) in [6.07, 6.45) is 1.35. The number of hydrogen-bond donors (Lipinski definition) is 1. The fourth-order valence-corrected chi connectivity index (χ4v) is 1.99. The van der Waals surface area contributed by atoms with Crippen LogP contribution in [0, 0.1) is 0 Å². The SMILES string of the molecule is COc1ccc(CNC(=O)c2cnns2)cc1OC(F)F. The Kier molecular flexibility index (Phi) is 4.99. The number of benzene rings is 1. The van der Waals surface area contributed by atoms with Crippen LogP contribution in [0.1, 0.15) is 15.2 Å². The molecule has 6 nitrogen and oxygen atoms in total. The van der Waals surface area contributed by atoms with E-state index in [1.165, 1.54) is 25.4 Å². The number of carbonyl (C=O) groups excluding carboxylic acids is 1. The summed E-state index contributed by atoms with van der Waals surface area (Å²) in [4.78, 5) is 12.1. The maximum atomic E-state index is 12.3. The number of nitrogens with zero attached hydrogens (tertiary/aromatic N) is 2. The number of amides is 1. The number of nitrogens with one attached hydrogen (secondary N) is 1. The largest absolute Gasteiger partial charge is 0.493 e. The number of alkyl halides is 2. The second kappa shape index (κ2) is 6.93. The normalized spacial score (nSPS) is 10.5. The number of aromatic nitrogens is 2. The van der Waals surface area contributed by atoms with Crippen LogP contribution in [-0.4, -0.2) is 29.2 Å². The number of carbonyl (C=O) groups is 1. The minimum atomic E-state index is -2.95. The molecule has 1 heterocycles. The molecule has 112 valence electrons. The van der Waals surface area contributed by atoms with Gasteiger partial charge in [0, 0.05) is 6.54 Å². The second-order valence-electron chi connectivity index (χ2n) is 3.83. The Hall–Kier alpha value is -2.29. The third kappa shape index (κ3) is 4.09. The van der Waals surface area contributed by atoms with E-state index in [1.807, 2.05) is 0 Å². The van der Waals surface area contributed by atoms with Crippen LogP contribution in [0.15, 0.2) is 24.4 Å². The number of rotatable bonds is 6. The molecule has 1 N–H and O–H groups in total. The van der Waals surface area contributed by atoms with Crippen molar-refractivity contribution in [3.05, 3.63) is 34.8 Å². The molecule has 0 saturated heterocycles. The van der Waals surface area contributed by atoms with E-state index in [9.17, 15) is 13.6 Å². The molecule has 0 spiro atoms. The summed E-state index contributed by atoms with van der Waals surface area (Å²) in [6.45, 7) is -2.80. The average Bonchev–Trinajstić information content (AvgIpc) is 2.98. The highest BCUT2D eigenvalue weighted by Gasteiger charge is 2.12. The highest BCUT2D eigenvalue weighted by Crippen LogP contribution is 2.29. The lowest BCUT2D eigenvalue weighted by atomic mass is 10.2. The van der Waals surface area contributed by atoms with Crippen molar-refractivity contribution in [3.8, 4) is 11.5 Å². The van der Waals surface area contributed by atoms with Crippen molar-refractivity contribution in [1.82, 2.24) is 14.9 Å². The first-order valence-corrected chi connectivity index (χ1v) is 6.54. The van der Waals surface area contributed by atoms with Crippen LogP contribution >= 0.6 is 11.5 Å². The van der Waals surface area contributed by atoms with Gasteiger partial charge < -0.3 is 14.8 Å². The zero-order valence-corrected chi connectivity index (χ0v) is 11.7. The van der Waals surface area contributed by atoms with Crippen molar-refractivity contribution in [1.29, 1.82) is 0 Å². The topological polar surface area (TPSA) is 73.3 Å². The molecule has 0 fully saturated rings. The van der Waals surface area contributed by atoms with E-state index in [0.717, 1.165) is 11.5 Å². The van der Waals surface area contributed by atoms with E-state index in [2.05, 4.69) is 19.6 Å². The standard InChI is InChI=1S/C12H11F2N3O3S/c1-19-8-3-2-7(4-9(8)20-12(13)14)5-15-11(18)10-6-16-17-21-10/h2-4,6,12H,5H2,1H3,(H,15,18). The summed E-state index contributed by atoms with van der Waals surface area (Å²) < 4.78 is 37.5. The van der Waals surface area contributed by atoms with Crippen molar-refractivity contribution in [2.45, 2.75) is 13.2 Å². The Morgan fingerprint density at radius 3 is 2.86 bits per heavy atom. The van der Waals surface area contributed by atoms with Crippen LogP contribution in [0.5, 0.6) is 11.5 Å². The van der Waals surface area contributed by atoms with Crippen molar-refractivity contribution in [3.63, 3.8) is 0 Å². The zero-order valence-electron chi connectivity index (χ0n) is 10.9. The van der Waals surface area contributed by atoms with Gasteiger partial charge in [-0.3, -0.25) is 4.79 Å². The molecule has 1 aromatic carbocycles. The van der Waals surface area contributed by atoms with Gasteiger partial charge in [0.2, 0.25) is 0 Å². The highest BCUT2D eigenvalue weighted by molar-refractivity contribution is 7.07. The first kappa shape index (κ1) is 15.1. The van der Waals surface area contributed by atoms with E-state index in [1.54, 1.807) is 6.07 Å². The monoisotopic (exact) mass is 315 g/mol. The lowest BCUT2D eigenvalue weighted by Gasteiger charge is -2.11. The van der Waals surface area contributed by atoms with Gasteiger partial charge in [0.1, 0.15) is 4.88 Å². The van der Waals surface area contributed by atoms with Gasteiger partial charge in [-0.1, -0.05) is 10.6 Å². The first-order chi connectivity index (χ1) is 10.1. The van der Waals surface area contributed by atoms with Crippen molar-refractivity contribution >= 4 is 17.4 Å². The molecule has 9 heteroatoms. The summed E-state index contributed by atoms with van der Waals surface area (Å²) in [5, 5.41) is 6.18. The molecule has 0 saturated carbocycles. The molecular weight excluding hydrogens is 304 g/mol. The summed E-state index contributed by atoms with van der Waals surface area (Å²) in [6, 6.07) is 4.52. The van der Waals surface area contributed by atoms with E-state index in [-0.39, 0.29) is 24.0 Å². The Bertz CT molecular complexity index is 608. The molecule has 21 heavy (non-hydrogen) atoms. The molecule has 0 radical (unpaired) electrons. The predicted molar refractivity (Wildman–Crippen MR) is 70.7 cm³/mol. The van der Waals surface area contributed by atoms with Crippen LogP contribution in [0.25, 0.3) is 0 Å². The molecule has 2 rings (SSSR count). The predicted octanol–water partition coefficient (Wildman–Crippen LogP) is 2.08. The van der Waals surface area contributed by atoms with Gasteiger partial charge in [-0.2, -0.15) is 8.78 Å². The zero-order chi connectivity index (χ0) is 15.2. The summed E-state index contributed by atoms with van der Waals surface area (Å²) in [7, 11) is 1.35. The molecule has 0 aliphatic heterocycles. The molecule has 2 aromatic rings. The molecule has 0 atom stereocenters. The summed E-state index contributed by atoms with van der Waals surface area (Å²) in [5.41, 5.74) is 0.595. The maximum Gasteiger partial charge on any atom is 0.387 e. The van der Waals surface area contributed by atoms with Gasteiger partial charge in [-0.05, 0) is 29.2 Å². The van der Waals surface area contributed by atoms with Crippen LogP contribution < -0.4 is 14.8 Å². The van der Waals surface area contributed by atoms with E-state index in [4.69, 9.17) is 4.74 Å². The molecule has 0 aliphatic rings. The Labute approximate surface area is 122 Å². The van der Waals surface area contributed by atoms with Crippen molar-refractivity contribution in [2.24, 2.45) is 0 Å². The number of methoxy groups -OCH3 is 1. The van der Waals surface area contributed by atoms with Crippen LogP contribution in [0.4, 0.5) is 8.78 Å². The molecule has 0 bridgehead atoms. The van der Waals surface area contributed by atoms with E-state index in [0.29, 0.717) is 10.4 Å². The van der Waals surface area contributed by atoms with Crippen LogP contribution in [0.3, 0.4) is 0 Å². The van der Waals surface area contributed by atoms with Crippen LogP contribution in [0.2, 0.25) is 0 Å². The molecule has 0 unspecified atom stereocenters. The van der Waals surface area contributed by atoms with Crippen molar-refractivity contribution in [2.75, 3.05) is 7.11 Å². The molecule has 1 amide bonds. The van der Waals surface area contributed by atoms with Gasteiger partial charge in [-0.15, -0.1) is 5.10 Å². The Balaban J connectivity index is 2.04. The quantitative estimate of drug-likeness (QED) is 0.883. The minimum Gasteiger partial charge on any atom is -0.493 e. The molecular formula is C12H11F2N3O3S.